The highest BCUT2D eigenvalue weighted by molar-refractivity contribution is 5.82. The van der Waals surface area contributed by atoms with Crippen LogP contribution < -0.4 is 0 Å². The second-order valence-corrected chi connectivity index (χ2v) is 11.2. The number of carbonyl (C=O) groups is 1. The fraction of sp³-hybridized carbons (Fsp3) is 0.833. The normalized spacial score (nSPS) is 31.6. The molecule has 0 radical (unpaired) electrons. The van der Waals surface area contributed by atoms with E-state index in [4.69, 9.17) is 23.7 Å². The molecular weight excluding hydrogens is 456 g/mol. The van der Waals surface area contributed by atoms with Crippen LogP contribution in [-0.4, -0.2) is 56.5 Å². The van der Waals surface area contributed by atoms with Gasteiger partial charge in [0.15, 0.2) is 12.6 Å². The Morgan fingerprint density at radius 3 is 2.44 bits per heavy atom. The largest absolute Gasteiger partial charge is 0.372 e. The summed E-state index contributed by atoms with van der Waals surface area (Å²) >= 11 is 0. The summed E-state index contributed by atoms with van der Waals surface area (Å²) < 4.78 is 31.0. The van der Waals surface area contributed by atoms with Gasteiger partial charge in [0, 0.05) is 32.2 Å². The third kappa shape index (κ3) is 9.68. The summed E-state index contributed by atoms with van der Waals surface area (Å²) in [6.45, 7) is 11.1. The zero-order valence-corrected chi connectivity index (χ0v) is 23.2. The van der Waals surface area contributed by atoms with Crippen LogP contribution in [0, 0.1) is 5.92 Å². The Kier molecular flexibility index (Phi) is 12.6. The molecule has 0 spiro atoms. The molecule has 0 aliphatic carbocycles. The topological polar surface area (TPSA) is 63.2 Å². The predicted octanol–water partition coefficient (Wildman–Crippen LogP) is 6.67. The quantitative estimate of drug-likeness (QED) is 0.276. The minimum atomic E-state index is -0.465. The first-order valence-corrected chi connectivity index (χ1v) is 14.4. The minimum absolute atomic E-state index is 0.0509. The van der Waals surface area contributed by atoms with Crippen LogP contribution in [-0.2, 0) is 28.5 Å². The first kappa shape index (κ1) is 29.5. The number of ketones is 1. The van der Waals surface area contributed by atoms with Gasteiger partial charge in [-0.25, -0.2) is 0 Å². The van der Waals surface area contributed by atoms with Gasteiger partial charge in [-0.3, -0.25) is 4.79 Å². The van der Waals surface area contributed by atoms with Gasteiger partial charge in [-0.2, -0.15) is 0 Å². The summed E-state index contributed by atoms with van der Waals surface area (Å²) in [6, 6.07) is 0. The fourth-order valence-corrected chi connectivity index (χ4v) is 5.33. The van der Waals surface area contributed by atoms with Crippen molar-refractivity contribution in [3.05, 3.63) is 23.3 Å². The molecule has 6 nitrogen and oxygen atoms in total. The lowest BCUT2D eigenvalue weighted by Crippen LogP contribution is -2.46. The number of allylic oxidation sites excluding steroid dienone is 2. The molecule has 3 heterocycles. The molecule has 6 heteroatoms. The Morgan fingerprint density at radius 1 is 1.06 bits per heavy atom. The van der Waals surface area contributed by atoms with E-state index in [9.17, 15) is 4.79 Å². The summed E-state index contributed by atoms with van der Waals surface area (Å²) in [4.78, 5) is 12.5. The van der Waals surface area contributed by atoms with Crippen molar-refractivity contribution in [2.75, 3.05) is 26.4 Å². The van der Waals surface area contributed by atoms with E-state index in [1.807, 2.05) is 19.9 Å². The number of ether oxygens (including phenoxy) is 5. The van der Waals surface area contributed by atoms with Gasteiger partial charge in [0.2, 0.25) is 0 Å². The summed E-state index contributed by atoms with van der Waals surface area (Å²) in [5.41, 5.74) is 1.97. The van der Waals surface area contributed by atoms with Crippen LogP contribution in [0.5, 0.6) is 0 Å². The molecule has 0 amide bonds. The number of rotatable bonds is 12. The lowest BCUT2D eigenvalue weighted by molar-refractivity contribution is -0.223. The van der Waals surface area contributed by atoms with Crippen molar-refractivity contribution in [3.8, 4) is 0 Å². The van der Waals surface area contributed by atoms with Gasteiger partial charge in [-0.1, -0.05) is 24.6 Å². The van der Waals surface area contributed by atoms with Crippen molar-refractivity contribution in [3.63, 3.8) is 0 Å². The van der Waals surface area contributed by atoms with Crippen LogP contribution in [0.25, 0.3) is 0 Å². The van der Waals surface area contributed by atoms with E-state index < -0.39 is 5.60 Å². The van der Waals surface area contributed by atoms with Crippen LogP contribution in [0.2, 0.25) is 0 Å². The Hall–Kier alpha value is -1.05. The average molecular weight is 507 g/mol. The Balaban J connectivity index is 1.65. The zero-order chi connectivity index (χ0) is 25.8. The van der Waals surface area contributed by atoms with Gasteiger partial charge in [0.25, 0.3) is 0 Å². The lowest BCUT2D eigenvalue weighted by atomic mass is 9.85. The maximum atomic E-state index is 12.5. The highest BCUT2D eigenvalue weighted by Crippen LogP contribution is 2.37. The molecule has 0 bridgehead atoms. The van der Waals surface area contributed by atoms with Crippen LogP contribution in [0.4, 0.5) is 0 Å². The van der Waals surface area contributed by atoms with Gasteiger partial charge < -0.3 is 23.7 Å². The molecule has 3 fully saturated rings. The molecule has 3 saturated heterocycles. The van der Waals surface area contributed by atoms with Crippen molar-refractivity contribution in [1.82, 2.24) is 0 Å². The highest BCUT2D eigenvalue weighted by Gasteiger charge is 2.41. The monoisotopic (exact) mass is 506 g/mol. The molecule has 0 N–H and O–H groups in total. The summed E-state index contributed by atoms with van der Waals surface area (Å²) in [5.74, 6) is 0.365. The maximum Gasteiger partial charge on any atom is 0.158 e. The van der Waals surface area contributed by atoms with E-state index in [2.05, 4.69) is 19.9 Å². The average Bonchev–Trinajstić information content (AvgIpc) is 3.02. The second kappa shape index (κ2) is 15.4. The first-order chi connectivity index (χ1) is 17.4. The van der Waals surface area contributed by atoms with Crippen molar-refractivity contribution >= 4 is 5.78 Å². The third-order valence-corrected chi connectivity index (χ3v) is 7.70. The molecule has 5 unspecified atom stereocenters. The van der Waals surface area contributed by atoms with Gasteiger partial charge in [-0.15, -0.1) is 0 Å². The number of carbonyl (C=O) groups excluding carboxylic acids is 1. The number of hydrogen-bond donors (Lipinski definition) is 0. The van der Waals surface area contributed by atoms with Crippen LogP contribution >= 0.6 is 0 Å². The van der Waals surface area contributed by atoms with Gasteiger partial charge in [-0.05, 0) is 97.0 Å². The molecule has 3 rings (SSSR count). The maximum absolute atomic E-state index is 12.5. The van der Waals surface area contributed by atoms with E-state index in [1.54, 1.807) is 0 Å². The van der Waals surface area contributed by atoms with Crippen molar-refractivity contribution < 1.29 is 28.5 Å². The van der Waals surface area contributed by atoms with Crippen LogP contribution in [0.3, 0.4) is 0 Å². The van der Waals surface area contributed by atoms with E-state index >= 15 is 0 Å². The predicted molar refractivity (Wildman–Crippen MR) is 142 cm³/mol. The molecular formula is C30H50O6. The Labute approximate surface area is 219 Å². The molecule has 3 aliphatic rings. The standard InChI is InChI=1S/C30H50O6/c1-23(2)15-16-26(31)24(3)11-9-18-30(4)29(36-28-14-6-8-20-33-28)25(12-10-21-35-30)17-22-34-27-13-5-7-19-32-27/h15,17,24,27-29H,5-14,16,18-22H2,1-4H3. The molecule has 3 aliphatic heterocycles. The smallest absolute Gasteiger partial charge is 0.158 e. The summed E-state index contributed by atoms with van der Waals surface area (Å²) in [6.07, 6.45) is 15.2. The Morgan fingerprint density at radius 2 is 1.78 bits per heavy atom. The van der Waals surface area contributed by atoms with E-state index in [0.29, 0.717) is 25.4 Å². The molecule has 36 heavy (non-hydrogen) atoms. The SMILES string of the molecule is CC(C)=CCC(=O)C(C)CCCC1(C)OCCCC(=CCOC2CCCCO2)C1OC1CCCCO1. The summed E-state index contributed by atoms with van der Waals surface area (Å²) in [7, 11) is 0. The molecule has 206 valence electrons. The van der Waals surface area contributed by atoms with Crippen molar-refractivity contribution in [2.45, 2.75) is 129 Å². The van der Waals surface area contributed by atoms with E-state index in [1.165, 1.54) is 11.1 Å². The summed E-state index contributed by atoms with van der Waals surface area (Å²) in [5, 5.41) is 0. The van der Waals surface area contributed by atoms with E-state index in [0.717, 1.165) is 83.8 Å². The van der Waals surface area contributed by atoms with Crippen molar-refractivity contribution in [1.29, 1.82) is 0 Å². The minimum Gasteiger partial charge on any atom is -0.372 e. The highest BCUT2D eigenvalue weighted by atomic mass is 16.7. The van der Waals surface area contributed by atoms with Gasteiger partial charge >= 0.3 is 0 Å². The zero-order valence-electron chi connectivity index (χ0n) is 23.2. The van der Waals surface area contributed by atoms with Crippen molar-refractivity contribution in [2.24, 2.45) is 5.92 Å². The van der Waals surface area contributed by atoms with Gasteiger partial charge in [0.1, 0.15) is 11.9 Å². The fourth-order valence-electron chi connectivity index (χ4n) is 5.33. The van der Waals surface area contributed by atoms with Gasteiger partial charge in [0.05, 0.1) is 12.2 Å². The molecule has 0 aromatic carbocycles. The molecule has 0 saturated carbocycles. The van der Waals surface area contributed by atoms with Crippen LogP contribution in [0.1, 0.15) is 105 Å². The number of Topliss-reactive ketones (excluding diaryl/α,β-unsaturated/α-hetero) is 1. The molecule has 0 aromatic heterocycles. The molecule has 5 atom stereocenters. The van der Waals surface area contributed by atoms with E-state index in [-0.39, 0.29) is 24.6 Å². The molecule has 0 aromatic rings. The lowest BCUT2D eigenvalue weighted by Gasteiger charge is -2.40. The Bertz CT molecular complexity index is 715. The first-order valence-electron chi connectivity index (χ1n) is 14.4. The van der Waals surface area contributed by atoms with Crippen LogP contribution in [0.15, 0.2) is 23.3 Å². The number of hydrogen-bond acceptors (Lipinski definition) is 6. The third-order valence-electron chi connectivity index (χ3n) is 7.70. The second-order valence-electron chi connectivity index (χ2n) is 11.2.